The fraction of sp³-hybridized carbons (Fsp3) is 0.364. The van der Waals surface area contributed by atoms with Crippen LogP contribution in [-0.4, -0.2) is 34.6 Å². The molecule has 7 nitrogen and oxygen atoms in total. The van der Waals surface area contributed by atoms with Gasteiger partial charge in [0.25, 0.3) is 0 Å². The number of carbonyl (C=O) groups is 2. The number of carboxylic acids is 1. The summed E-state index contributed by atoms with van der Waals surface area (Å²) in [7, 11) is 0. The Balaban J connectivity index is 3.13. The molecule has 7 heteroatoms. The van der Waals surface area contributed by atoms with Crippen LogP contribution in [-0.2, 0) is 4.79 Å². The van der Waals surface area contributed by atoms with E-state index in [-0.39, 0.29) is 23.8 Å². The van der Waals surface area contributed by atoms with E-state index >= 15 is 0 Å². The first-order chi connectivity index (χ1) is 8.32. The van der Waals surface area contributed by atoms with Gasteiger partial charge < -0.3 is 21.5 Å². The summed E-state index contributed by atoms with van der Waals surface area (Å²) < 4.78 is 0. The number of carboxylic acid groups (broad SMARTS) is 1. The number of pyridine rings is 1. The number of aromatic nitrogens is 1. The lowest BCUT2D eigenvalue weighted by molar-refractivity contribution is -0.116. The molecule has 0 spiro atoms. The lowest BCUT2D eigenvalue weighted by Gasteiger charge is -2.27. The highest BCUT2D eigenvalue weighted by Gasteiger charge is 2.18. The van der Waals surface area contributed by atoms with Gasteiger partial charge in [0.15, 0.2) is 5.82 Å². The second kappa shape index (κ2) is 5.35. The van der Waals surface area contributed by atoms with Crippen molar-refractivity contribution in [2.75, 3.05) is 17.2 Å². The number of anilines is 2. The van der Waals surface area contributed by atoms with E-state index in [2.05, 4.69) is 4.98 Å². The summed E-state index contributed by atoms with van der Waals surface area (Å²) in [6.07, 6.45) is 1.20. The van der Waals surface area contributed by atoms with E-state index < -0.39 is 11.9 Å². The highest BCUT2D eigenvalue weighted by atomic mass is 16.4. The smallest absolute Gasteiger partial charge is 0.337 e. The minimum absolute atomic E-state index is 0.000897. The monoisotopic (exact) mass is 252 g/mol. The third-order valence-electron chi connectivity index (χ3n) is 2.36. The molecule has 0 saturated heterocycles. The zero-order valence-corrected chi connectivity index (χ0v) is 10.3. The van der Waals surface area contributed by atoms with Gasteiger partial charge >= 0.3 is 5.97 Å². The molecule has 5 N–H and O–H groups in total. The maximum atomic E-state index is 11.0. The standard InChI is InChI=1S/C11H16N4O3/c1-6(2)15(5-9(13)16)10-8(12)3-7(4-14-10)11(17)18/h3-4,6H,5,12H2,1-2H3,(H2,13,16)(H,17,18). The zero-order chi connectivity index (χ0) is 13.9. The van der Waals surface area contributed by atoms with Crippen LogP contribution in [0.3, 0.4) is 0 Å². The van der Waals surface area contributed by atoms with E-state index in [0.29, 0.717) is 5.82 Å². The van der Waals surface area contributed by atoms with Crippen LogP contribution in [0.5, 0.6) is 0 Å². The summed E-state index contributed by atoms with van der Waals surface area (Å²) in [6.45, 7) is 3.69. The van der Waals surface area contributed by atoms with Crippen molar-refractivity contribution in [1.82, 2.24) is 4.98 Å². The van der Waals surface area contributed by atoms with Crippen LogP contribution in [0.1, 0.15) is 24.2 Å². The molecule has 18 heavy (non-hydrogen) atoms. The summed E-state index contributed by atoms with van der Waals surface area (Å²) >= 11 is 0. The van der Waals surface area contributed by atoms with Gasteiger partial charge in [-0.05, 0) is 19.9 Å². The molecular weight excluding hydrogens is 236 g/mol. The highest BCUT2D eigenvalue weighted by Crippen LogP contribution is 2.22. The maximum Gasteiger partial charge on any atom is 0.337 e. The molecule has 98 valence electrons. The lowest BCUT2D eigenvalue weighted by atomic mass is 10.2. The van der Waals surface area contributed by atoms with Crippen LogP contribution in [0.4, 0.5) is 11.5 Å². The van der Waals surface area contributed by atoms with Crippen LogP contribution in [0.25, 0.3) is 0 Å². The maximum absolute atomic E-state index is 11.0. The van der Waals surface area contributed by atoms with E-state index in [4.69, 9.17) is 16.6 Å². The van der Waals surface area contributed by atoms with Crippen LogP contribution in [0, 0.1) is 0 Å². The lowest BCUT2D eigenvalue weighted by Crippen LogP contribution is -2.39. The molecule has 0 atom stereocenters. The molecule has 0 aliphatic carbocycles. The predicted octanol–water partition coefficient (Wildman–Crippen LogP) is 0.0621. The van der Waals surface area contributed by atoms with Gasteiger partial charge in [-0.15, -0.1) is 0 Å². The van der Waals surface area contributed by atoms with Crippen LogP contribution in [0.15, 0.2) is 12.3 Å². The van der Waals surface area contributed by atoms with Gasteiger partial charge in [0.1, 0.15) is 0 Å². The van der Waals surface area contributed by atoms with Gasteiger partial charge in [-0.3, -0.25) is 4.79 Å². The SMILES string of the molecule is CC(C)N(CC(N)=O)c1ncc(C(=O)O)cc1N. The van der Waals surface area contributed by atoms with Gasteiger partial charge in [0.2, 0.25) is 5.91 Å². The first-order valence-electron chi connectivity index (χ1n) is 5.36. The number of rotatable bonds is 5. The normalized spacial score (nSPS) is 10.4. The van der Waals surface area contributed by atoms with E-state index in [9.17, 15) is 9.59 Å². The van der Waals surface area contributed by atoms with Gasteiger partial charge in [-0.1, -0.05) is 0 Å². The first-order valence-corrected chi connectivity index (χ1v) is 5.36. The van der Waals surface area contributed by atoms with Crippen molar-refractivity contribution in [1.29, 1.82) is 0 Å². The summed E-state index contributed by atoms with van der Waals surface area (Å²) in [5.74, 6) is -1.26. The summed E-state index contributed by atoms with van der Waals surface area (Å²) in [5.41, 5.74) is 11.1. The summed E-state index contributed by atoms with van der Waals surface area (Å²) in [6, 6.07) is 1.27. The fourth-order valence-electron chi connectivity index (χ4n) is 1.50. The molecule has 0 unspecified atom stereocenters. The van der Waals surface area contributed by atoms with E-state index in [0.717, 1.165) is 0 Å². The molecule has 0 aromatic carbocycles. The Kier molecular flexibility index (Phi) is 4.09. The van der Waals surface area contributed by atoms with Crippen LogP contribution in [0.2, 0.25) is 0 Å². The third kappa shape index (κ3) is 3.09. The van der Waals surface area contributed by atoms with Crippen molar-refractivity contribution in [2.45, 2.75) is 19.9 Å². The number of carbonyl (C=O) groups excluding carboxylic acids is 1. The number of primary amides is 1. The number of amides is 1. The summed E-state index contributed by atoms with van der Waals surface area (Å²) in [5, 5.41) is 8.81. The Bertz CT molecular complexity index is 473. The minimum atomic E-state index is -1.10. The first kappa shape index (κ1) is 13.8. The topological polar surface area (TPSA) is 123 Å². The second-order valence-corrected chi connectivity index (χ2v) is 4.13. The molecule has 0 radical (unpaired) electrons. The van der Waals surface area contributed by atoms with Gasteiger partial charge in [-0.25, -0.2) is 9.78 Å². The highest BCUT2D eigenvalue weighted by molar-refractivity contribution is 5.89. The van der Waals surface area contributed by atoms with Crippen molar-refractivity contribution >= 4 is 23.4 Å². The van der Waals surface area contributed by atoms with Crippen LogP contribution < -0.4 is 16.4 Å². The Morgan fingerprint density at radius 2 is 2.11 bits per heavy atom. The Morgan fingerprint density at radius 3 is 2.50 bits per heavy atom. The molecule has 1 rings (SSSR count). The Morgan fingerprint density at radius 1 is 1.50 bits per heavy atom. The molecule has 0 aliphatic rings. The number of aromatic carboxylic acids is 1. The predicted molar refractivity (Wildman–Crippen MR) is 67.3 cm³/mol. The molecular formula is C11H16N4O3. The van der Waals surface area contributed by atoms with Gasteiger partial charge in [0.05, 0.1) is 17.8 Å². The zero-order valence-electron chi connectivity index (χ0n) is 10.3. The molecule has 1 aromatic heterocycles. The molecule has 1 aromatic rings. The van der Waals surface area contributed by atoms with Gasteiger partial charge in [-0.2, -0.15) is 0 Å². The van der Waals surface area contributed by atoms with E-state index in [1.165, 1.54) is 12.3 Å². The van der Waals surface area contributed by atoms with Gasteiger partial charge in [0, 0.05) is 12.2 Å². The second-order valence-electron chi connectivity index (χ2n) is 4.13. The molecule has 0 aliphatic heterocycles. The van der Waals surface area contributed by atoms with E-state index in [1.807, 2.05) is 13.8 Å². The van der Waals surface area contributed by atoms with Crippen molar-refractivity contribution in [2.24, 2.45) is 5.73 Å². The molecule has 1 heterocycles. The van der Waals surface area contributed by atoms with Crippen molar-refractivity contribution in [3.8, 4) is 0 Å². The van der Waals surface area contributed by atoms with Crippen molar-refractivity contribution < 1.29 is 14.7 Å². The number of nitrogens with zero attached hydrogens (tertiary/aromatic N) is 2. The largest absolute Gasteiger partial charge is 0.478 e. The molecule has 0 bridgehead atoms. The number of nitrogen functional groups attached to an aromatic ring is 1. The Hall–Kier alpha value is -2.31. The quantitative estimate of drug-likeness (QED) is 0.681. The number of hydrogen-bond acceptors (Lipinski definition) is 5. The fourth-order valence-corrected chi connectivity index (χ4v) is 1.50. The van der Waals surface area contributed by atoms with Crippen LogP contribution >= 0.6 is 0 Å². The Labute approximate surface area is 104 Å². The number of nitrogens with two attached hydrogens (primary N) is 2. The number of hydrogen-bond donors (Lipinski definition) is 3. The van der Waals surface area contributed by atoms with Crippen molar-refractivity contribution in [3.05, 3.63) is 17.8 Å². The van der Waals surface area contributed by atoms with Crippen molar-refractivity contribution in [3.63, 3.8) is 0 Å². The average Bonchev–Trinajstić information content (AvgIpc) is 2.25. The minimum Gasteiger partial charge on any atom is -0.478 e. The molecule has 0 saturated carbocycles. The van der Waals surface area contributed by atoms with E-state index in [1.54, 1.807) is 4.90 Å². The average molecular weight is 252 g/mol. The third-order valence-corrected chi connectivity index (χ3v) is 2.36. The molecule has 1 amide bonds. The molecule has 0 fully saturated rings. The summed E-state index contributed by atoms with van der Waals surface area (Å²) in [4.78, 5) is 27.4.